The molecule has 0 saturated heterocycles. The SMILES string of the molecule is COc1cc2c(c(OC)c1OC)-c1ccc(NCCCCCC(=O)N[C@@H](C(=O)O)C(C)C)c(=O)cc1[C@H](NC(C)=O)CC2. The zero-order chi connectivity index (χ0) is 31.7. The number of carbonyl (C=O) groups excluding carboxylic acids is 2. The Morgan fingerprint density at radius 1 is 1.00 bits per heavy atom. The van der Waals surface area contributed by atoms with Gasteiger partial charge in [-0.3, -0.25) is 14.4 Å². The van der Waals surface area contributed by atoms with Gasteiger partial charge in [-0.15, -0.1) is 0 Å². The smallest absolute Gasteiger partial charge is 0.326 e. The monoisotopic (exact) mass is 597 g/mol. The van der Waals surface area contributed by atoms with E-state index in [1.54, 1.807) is 40.2 Å². The van der Waals surface area contributed by atoms with Crippen molar-refractivity contribution in [3.8, 4) is 28.4 Å². The molecule has 0 fully saturated rings. The zero-order valence-electron chi connectivity index (χ0n) is 25.8. The second-order valence-electron chi connectivity index (χ2n) is 11.0. The molecule has 2 atom stereocenters. The number of nitrogens with one attached hydrogen (secondary N) is 3. The number of unbranched alkanes of at least 4 members (excludes halogenated alkanes) is 2. The number of benzene rings is 1. The number of methoxy groups -OCH3 is 3. The van der Waals surface area contributed by atoms with Gasteiger partial charge >= 0.3 is 5.97 Å². The number of hydrogen-bond donors (Lipinski definition) is 4. The molecule has 43 heavy (non-hydrogen) atoms. The number of rotatable bonds is 14. The van der Waals surface area contributed by atoms with E-state index in [1.165, 1.54) is 14.0 Å². The Labute approximate surface area is 252 Å². The summed E-state index contributed by atoms with van der Waals surface area (Å²) >= 11 is 0. The second-order valence-corrected chi connectivity index (χ2v) is 11.0. The van der Waals surface area contributed by atoms with Crippen molar-refractivity contribution < 1.29 is 33.7 Å². The third-order valence-electron chi connectivity index (χ3n) is 7.56. The first-order valence-corrected chi connectivity index (χ1v) is 14.6. The minimum absolute atomic E-state index is 0.197. The molecule has 11 heteroatoms. The van der Waals surface area contributed by atoms with Crippen LogP contribution in [0.3, 0.4) is 0 Å². The van der Waals surface area contributed by atoms with Gasteiger partial charge in [0.1, 0.15) is 6.04 Å². The number of carbonyl (C=O) groups is 3. The Bertz CT molecular complexity index is 1390. The molecule has 0 saturated carbocycles. The van der Waals surface area contributed by atoms with Gasteiger partial charge in [-0.1, -0.05) is 26.3 Å². The molecule has 234 valence electrons. The number of aliphatic carboxylic acids is 1. The van der Waals surface area contributed by atoms with Gasteiger partial charge in [-0.2, -0.15) is 0 Å². The highest BCUT2D eigenvalue weighted by molar-refractivity contribution is 5.84. The van der Waals surface area contributed by atoms with Crippen molar-refractivity contribution in [3.05, 3.63) is 45.6 Å². The fraction of sp³-hybridized carbons (Fsp3) is 0.500. The van der Waals surface area contributed by atoms with Crippen molar-refractivity contribution in [2.45, 2.75) is 71.4 Å². The molecular formula is C32H43N3O8. The van der Waals surface area contributed by atoms with E-state index in [0.29, 0.717) is 60.7 Å². The number of fused-ring (bicyclic) bond motifs is 3. The molecule has 0 unspecified atom stereocenters. The van der Waals surface area contributed by atoms with Crippen molar-refractivity contribution in [1.29, 1.82) is 0 Å². The van der Waals surface area contributed by atoms with Crippen LogP contribution in [0.2, 0.25) is 0 Å². The van der Waals surface area contributed by atoms with E-state index in [9.17, 15) is 24.3 Å². The molecule has 1 aliphatic rings. The summed E-state index contributed by atoms with van der Waals surface area (Å²) in [6.07, 6.45) is 3.44. The molecule has 0 heterocycles. The maximum absolute atomic E-state index is 13.4. The first-order valence-electron chi connectivity index (χ1n) is 14.6. The standard InChI is InChI=1S/C32H43N3O8/c1-18(2)29(32(39)40)35-27(38)10-8-7-9-15-33-24-14-12-21-22(17-25(24)37)23(34-19(3)36)13-11-20-16-26(41-4)30(42-5)31(43-6)28(20)21/h12,14,16-18,23,29H,7-11,13,15H2,1-6H3,(H,33,37)(H,34,36)(H,35,38)(H,39,40)/t23-,29-/m1/s1. The Morgan fingerprint density at radius 3 is 2.33 bits per heavy atom. The number of carboxylic acids is 1. The normalized spacial score (nSPS) is 14.4. The van der Waals surface area contributed by atoms with Crippen molar-refractivity contribution in [3.63, 3.8) is 0 Å². The van der Waals surface area contributed by atoms with Crippen molar-refractivity contribution in [2.24, 2.45) is 5.92 Å². The quantitative estimate of drug-likeness (QED) is 0.236. The summed E-state index contributed by atoms with van der Waals surface area (Å²) in [7, 11) is 4.66. The highest BCUT2D eigenvalue weighted by Crippen LogP contribution is 2.50. The third kappa shape index (κ3) is 8.18. The first-order chi connectivity index (χ1) is 20.5. The van der Waals surface area contributed by atoms with E-state index < -0.39 is 18.1 Å². The summed E-state index contributed by atoms with van der Waals surface area (Å²) in [5.74, 6) is -0.272. The molecule has 2 aromatic rings. The number of anilines is 1. The lowest BCUT2D eigenvalue weighted by Gasteiger charge is -2.19. The van der Waals surface area contributed by atoms with Gasteiger partial charge in [0.15, 0.2) is 11.5 Å². The molecule has 3 rings (SSSR count). The summed E-state index contributed by atoms with van der Waals surface area (Å²) in [5, 5.41) is 18.0. The highest BCUT2D eigenvalue weighted by Gasteiger charge is 2.29. The van der Waals surface area contributed by atoms with Crippen LogP contribution >= 0.6 is 0 Å². The molecular weight excluding hydrogens is 554 g/mol. The van der Waals surface area contributed by atoms with Gasteiger partial charge in [0, 0.05) is 25.5 Å². The van der Waals surface area contributed by atoms with Crippen LogP contribution in [0.4, 0.5) is 5.69 Å². The Kier molecular flexibility index (Phi) is 11.8. The van der Waals surface area contributed by atoms with Crippen LogP contribution in [0, 0.1) is 5.92 Å². The lowest BCUT2D eigenvalue weighted by atomic mass is 9.95. The fourth-order valence-electron chi connectivity index (χ4n) is 5.42. The molecule has 1 aliphatic carbocycles. The van der Waals surface area contributed by atoms with Crippen LogP contribution in [-0.2, 0) is 20.8 Å². The molecule has 0 radical (unpaired) electrons. The number of aryl methyl sites for hydroxylation is 1. The average molecular weight is 598 g/mol. The molecule has 0 spiro atoms. The minimum atomic E-state index is -1.04. The van der Waals surface area contributed by atoms with Crippen LogP contribution in [-0.4, -0.2) is 56.8 Å². The summed E-state index contributed by atoms with van der Waals surface area (Å²) in [4.78, 5) is 49.0. The van der Waals surface area contributed by atoms with E-state index in [0.717, 1.165) is 23.1 Å². The van der Waals surface area contributed by atoms with Gasteiger partial charge < -0.3 is 35.3 Å². The van der Waals surface area contributed by atoms with Gasteiger partial charge in [-0.25, -0.2) is 4.79 Å². The topological polar surface area (TPSA) is 152 Å². The second kappa shape index (κ2) is 15.3. The molecule has 0 aromatic heterocycles. The Hall–Kier alpha value is -4.28. The number of hydrogen-bond acceptors (Lipinski definition) is 8. The van der Waals surface area contributed by atoms with Crippen LogP contribution in [0.1, 0.15) is 70.0 Å². The van der Waals surface area contributed by atoms with Gasteiger partial charge in [-0.05, 0) is 66.5 Å². The van der Waals surface area contributed by atoms with E-state index in [-0.39, 0.29) is 29.6 Å². The summed E-state index contributed by atoms with van der Waals surface area (Å²) in [5.41, 5.74) is 3.36. The predicted molar refractivity (Wildman–Crippen MR) is 164 cm³/mol. The van der Waals surface area contributed by atoms with E-state index >= 15 is 0 Å². The Balaban J connectivity index is 1.82. The van der Waals surface area contributed by atoms with Crippen molar-refractivity contribution in [1.82, 2.24) is 10.6 Å². The highest BCUT2D eigenvalue weighted by atomic mass is 16.5. The number of amides is 2. The molecule has 0 bridgehead atoms. The van der Waals surface area contributed by atoms with Gasteiger partial charge in [0.25, 0.3) is 0 Å². The molecule has 11 nitrogen and oxygen atoms in total. The fourth-order valence-corrected chi connectivity index (χ4v) is 5.42. The summed E-state index contributed by atoms with van der Waals surface area (Å²) < 4.78 is 17.0. The van der Waals surface area contributed by atoms with Crippen LogP contribution in [0.25, 0.3) is 11.1 Å². The van der Waals surface area contributed by atoms with Crippen molar-refractivity contribution in [2.75, 3.05) is 33.2 Å². The van der Waals surface area contributed by atoms with E-state index in [1.807, 2.05) is 12.1 Å². The summed E-state index contributed by atoms with van der Waals surface area (Å²) in [6, 6.07) is 5.79. The molecule has 4 N–H and O–H groups in total. The molecule has 0 aliphatic heterocycles. The van der Waals surface area contributed by atoms with Gasteiger partial charge in [0.2, 0.25) is 23.0 Å². The average Bonchev–Trinajstić information content (AvgIpc) is 3.20. The molecule has 2 amide bonds. The van der Waals surface area contributed by atoms with Crippen molar-refractivity contribution >= 4 is 23.5 Å². The maximum Gasteiger partial charge on any atom is 0.326 e. The Morgan fingerprint density at radius 2 is 1.72 bits per heavy atom. The van der Waals surface area contributed by atoms with Crippen LogP contribution < -0.4 is 35.6 Å². The van der Waals surface area contributed by atoms with Crippen LogP contribution in [0.15, 0.2) is 29.1 Å². The maximum atomic E-state index is 13.4. The minimum Gasteiger partial charge on any atom is -0.493 e. The largest absolute Gasteiger partial charge is 0.493 e. The van der Waals surface area contributed by atoms with E-state index in [2.05, 4.69) is 16.0 Å². The van der Waals surface area contributed by atoms with Gasteiger partial charge in [0.05, 0.1) is 33.1 Å². The van der Waals surface area contributed by atoms with Crippen LogP contribution in [0.5, 0.6) is 17.2 Å². The third-order valence-corrected chi connectivity index (χ3v) is 7.56. The number of ether oxygens (including phenoxy) is 3. The number of carboxylic acid groups (broad SMARTS) is 1. The first kappa shape index (κ1) is 33.2. The lowest BCUT2D eigenvalue weighted by molar-refractivity contribution is -0.143. The predicted octanol–water partition coefficient (Wildman–Crippen LogP) is 4.06. The molecule has 2 aromatic carbocycles. The van der Waals surface area contributed by atoms with E-state index in [4.69, 9.17) is 14.2 Å². The zero-order valence-corrected chi connectivity index (χ0v) is 25.8. The lowest BCUT2D eigenvalue weighted by Crippen LogP contribution is -2.44. The summed E-state index contributed by atoms with van der Waals surface area (Å²) in [6.45, 7) is 5.46.